The molecule has 1 aliphatic carbocycles. The molecule has 4 heteroatoms. The van der Waals surface area contributed by atoms with E-state index in [4.69, 9.17) is 10.8 Å². The second kappa shape index (κ2) is 5.72. The third-order valence-corrected chi connectivity index (χ3v) is 4.80. The predicted molar refractivity (Wildman–Crippen MR) is 82.6 cm³/mol. The molecule has 0 atom stereocenters. The maximum absolute atomic E-state index is 5.67. The van der Waals surface area contributed by atoms with Crippen LogP contribution in [0, 0.1) is 0 Å². The first-order valence-electron chi connectivity index (χ1n) is 6.90. The van der Waals surface area contributed by atoms with E-state index in [2.05, 4.69) is 35.8 Å². The molecule has 1 fully saturated rings. The van der Waals surface area contributed by atoms with Crippen molar-refractivity contribution in [1.29, 1.82) is 0 Å². The van der Waals surface area contributed by atoms with Crippen LogP contribution in [0.25, 0.3) is 10.1 Å². The van der Waals surface area contributed by atoms with Gasteiger partial charge in [0.05, 0.1) is 10.9 Å². The Labute approximate surface area is 117 Å². The first-order valence-corrected chi connectivity index (χ1v) is 7.72. The Morgan fingerprint density at radius 3 is 2.74 bits per heavy atom. The number of hydrogen-bond donors (Lipinski definition) is 2. The van der Waals surface area contributed by atoms with Gasteiger partial charge in [-0.15, -0.1) is 11.3 Å². The summed E-state index contributed by atoms with van der Waals surface area (Å²) in [5.41, 5.74) is 2.79. The molecular weight excluding hydrogens is 254 g/mol. The summed E-state index contributed by atoms with van der Waals surface area (Å²) in [5.74, 6) is 6.51. The number of hydrazine groups is 1. The van der Waals surface area contributed by atoms with Crippen LogP contribution < -0.4 is 11.3 Å². The number of fused-ring (bicyclic) bond motifs is 1. The summed E-state index contributed by atoms with van der Waals surface area (Å²) in [4.78, 5) is 5.94. The van der Waals surface area contributed by atoms with Gasteiger partial charge in [-0.1, -0.05) is 37.5 Å². The number of hydrogen-bond acceptors (Lipinski definition) is 3. The van der Waals surface area contributed by atoms with E-state index in [1.807, 2.05) is 0 Å². The lowest BCUT2D eigenvalue weighted by Crippen LogP contribution is -2.32. The van der Waals surface area contributed by atoms with Gasteiger partial charge in [0, 0.05) is 4.70 Å². The summed E-state index contributed by atoms with van der Waals surface area (Å²) in [6.45, 7) is 0. The van der Waals surface area contributed by atoms with Gasteiger partial charge in [0.25, 0.3) is 0 Å². The molecule has 100 valence electrons. The molecule has 3 N–H and O–H groups in total. The molecule has 19 heavy (non-hydrogen) atoms. The molecule has 0 aliphatic heterocycles. The minimum Gasteiger partial charge on any atom is -0.308 e. The van der Waals surface area contributed by atoms with Crippen molar-refractivity contribution in [3.63, 3.8) is 0 Å². The number of rotatable bonds is 2. The Hall–Kier alpha value is -1.39. The Kier molecular flexibility index (Phi) is 3.80. The highest BCUT2D eigenvalue weighted by atomic mass is 32.1. The average Bonchev–Trinajstić information content (AvgIpc) is 2.89. The lowest BCUT2D eigenvalue weighted by atomic mass is 9.96. The quantitative estimate of drug-likeness (QED) is 0.381. The Bertz CT molecular complexity index is 549. The Morgan fingerprint density at radius 1 is 1.21 bits per heavy atom. The average molecular weight is 273 g/mol. The summed E-state index contributed by atoms with van der Waals surface area (Å²) >= 11 is 1.75. The van der Waals surface area contributed by atoms with E-state index in [1.165, 1.54) is 42.2 Å². The van der Waals surface area contributed by atoms with Gasteiger partial charge in [0.1, 0.15) is 0 Å². The highest BCUT2D eigenvalue weighted by Crippen LogP contribution is 2.26. The molecule has 1 aromatic heterocycles. The van der Waals surface area contributed by atoms with Crippen LogP contribution in [0.5, 0.6) is 0 Å². The monoisotopic (exact) mass is 273 g/mol. The van der Waals surface area contributed by atoms with Gasteiger partial charge in [-0.3, -0.25) is 4.99 Å². The lowest BCUT2D eigenvalue weighted by molar-refractivity contribution is 0.442. The number of nitrogens with one attached hydrogen (secondary N) is 1. The predicted octanol–water partition coefficient (Wildman–Crippen LogP) is 3.44. The van der Waals surface area contributed by atoms with E-state index in [0.717, 1.165) is 10.7 Å². The van der Waals surface area contributed by atoms with Crippen molar-refractivity contribution in [2.45, 2.75) is 38.1 Å². The van der Waals surface area contributed by atoms with Crippen LogP contribution in [0.4, 0.5) is 0 Å². The molecule has 3 rings (SSSR count). The summed E-state index contributed by atoms with van der Waals surface area (Å²) in [6, 6.07) is 11.0. The Balaban J connectivity index is 1.90. The molecule has 0 radical (unpaired) electrons. The zero-order valence-corrected chi connectivity index (χ0v) is 11.7. The van der Waals surface area contributed by atoms with Gasteiger partial charge in [0.15, 0.2) is 5.84 Å². The fourth-order valence-corrected chi connectivity index (χ4v) is 3.69. The topological polar surface area (TPSA) is 50.4 Å². The lowest BCUT2D eigenvalue weighted by Gasteiger charge is -2.18. The van der Waals surface area contributed by atoms with Gasteiger partial charge in [-0.05, 0) is 30.4 Å². The normalized spacial score (nSPS) is 17.8. The molecule has 0 unspecified atom stereocenters. The largest absolute Gasteiger partial charge is 0.308 e. The fourth-order valence-electron chi connectivity index (χ4n) is 2.66. The zero-order chi connectivity index (χ0) is 13.1. The highest BCUT2D eigenvalue weighted by Gasteiger charge is 2.14. The second-order valence-corrected chi connectivity index (χ2v) is 6.15. The van der Waals surface area contributed by atoms with Crippen molar-refractivity contribution >= 4 is 27.3 Å². The first kappa shape index (κ1) is 12.6. The number of aliphatic imine (C=N–C) groups is 1. The Morgan fingerprint density at radius 2 is 2.00 bits per heavy atom. The van der Waals surface area contributed by atoms with Crippen LogP contribution in [-0.4, -0.2) is 11.9 Å². The standard InChI is InChI=1S/C15H19N3S/c16-18-15(17-12-7-2-1-3-8-12)14-10-11-6-4-5-9-13(11)19-14/h4-6,9-10,12H,1-3,7-8,16H2,(H,17,18). The zero-order valence-electron chi connectivity index (χ0n) is 10.9. The molecule has 1 saturated carbocycles. The minimum absolute atomic E-state index is 0.435. The number of nitrogens with zero attached hydrogens (tertiary/aromatic N) is 1. The van der Waals surface area contributed by atoms with Gasteiger partial charge in [-0.2, -0.15) is 0 Å². The second-order valence-electron chi connectivity index (χ2n) is 5.06. The maximum atomic E-state index is 5.67. The van der Waals surface area contributed by atoms with Crippen molar-refractivity contribution < 1.29 is 0 Å². The molecule has 1 heterocycles. The van der Waals surface area contributed by atoms with E-state index >= 15 is 0 Å². The van der Waals surface area contributed by atoms with E-state index in [-0.39, 0.29) is 0 Å². The van der Waals surface area contributed by atoms with E-state index < -0.39 is 0 Å². The van der Waals surface area contributed by atoms with E-state index in [1.54, 1.807) is 11.3 Å². The minimum atomic E-state index is 0.435. The number of nitrogens with two attached hydrogens (primary N) is 1. The third kappa shape index (κ3) is 2.80. The van der Waals surface area contributed by atoms with Gasteiger partial charge in [-0.25, -0.2) is 5.84 Å². The summed E-state index contributed by atoms with van der Waals surface area (Å²) in [6.07, 6.45) is 6.31. The number of amidine groups is 1. The van der Waals surface area contributed by atoms with Crippen molar-refractivity contribution in [1.82, 2.24) is 5.43 Å². The molecule has 0 amide bonds. The molecule has 3 nitrogen and oxygen atoms in total. The van der Waals surface area contributed by atoms with Crippen LogP contribution in [0.2, 0.25) is 0 Å². The van der Waals surface area contributed by atoms with Crippen molar-refractivity contribution in [3.05, 3.63) is 35.2 Å². The van der Waals surface area contributed by atoms with Gasteiger partial charge in [0.2, 0.25) is 0 Å². The molecule has 0 bridgehead atoms. The van der Waals surface area contributed by atoms with Crippen molar-refractivity contribution in [3.8, 4) is 0 Å². The van der Waals surface area contributed by atoms with Crippen LogP contribution in [0.15, 0.2) is 35.3 Å². The fraction of sp³-hybridized carbons (Fsp3) is 0.400. The third-order valence-electron chi connectivity index (χ3n) is 3.68. The van der Waals surface area contributed by atoms with Crippen molar-refractivity contribution in [2.75, 3.05) is 0 Å². The number of benzene rings is 1. The molecule has 1 aliphatic rings. The van der Waals surface area contributed by atoms with Crippen LogP contribution in [0.1, 0.15) is 37.0 Å². The molecule has 0 spiro atoms. The van der Waals surface area contributed by atoms with Gasteiger partial charge >= 0.3 is 0 Å². The van der Waals surface area contributed by atoms with E-state index in [0.29, 0.717) is 6.04 Å². The van der Waals surface area contributed by atoms with Crippen LogP contribution in [0.3, 0.4) is 0 Å². The smallest absolute Gasteiger partial charge is 0.153 e. The van der Waals surface area contributed by atoms with Crippen LogP contribution >= 0.6 is 11.3 Å². The summed E-state index contributed by atoms with van der Waals surface area (Å²) in [7, 11) is 0. The van der Waals surface area contributed by atoms with E-state index in [9.17, 15) is 0 Å². The first-order chi connectivity index (χ1) is 9.36. The van der Waals surface area contributed by atoms with Crippen molar-refractivity contribution in [2.24, 2.45) is 10.8 Å². The molecule has 2 aromatic rings. The summed E-state index contributed by atoms with van der Waals surface area (Å²) in [5, 5.41) is 1.26. The summed E-state index contributed by atoms with van der Waals surface area (Å²) < 4.78 is 1.28. The molecular formula is C15H19N3S. The van der Waals surface area contributed by atoms with Gasteiger partial charge < -0.3 is 5.43 Å². The number of thiophene rings is 1. The SMILES string of the molecule is NNC(=NC1CCCCC1)c1cc2ccccc2s1. The van der Waals surface area contributed by atoms with Crippen LogP contribution in [-0.2, 0) is 0 Å². The molecule has 0 saturated heterocycles. The molecule has 1 aromatic carbocycles. The highest BCUT2D eigenvalue weighted by molar-refractivity contribution is 7.20. The maximum Gasteiger partial charge on any atom is 0.153 e.